The van der Waals surface area contributed by atoms with E-state index < -0.39 is 0 Å². The molecule has 0 N–H and O–H groups in total. The first-order valence-electron chi connectivity index (χ1n) is 12.2. The molecule has 4 rings (SSSR count). The summed E-state index contributed by atoms with van der Waals surface area (Å²) >= 11 is 1.42. The Balaban J connectivity index is 1.34. The number of nitrogens with zero attached hydrogens (tertiary/aromatic N) is 5. The van der Waals surface area contributed by atoms with Crippen LogP contribution >= 0.6 is 11.3 Å². The molecule has 2 aromatic heterocycles. The van der Waals surface area contributed by atoms with Crippen molar-refractivity contribution in [2.75, 3.05) is 44.2 Å². The minimum absolute atomic E-state index is 0.00124. The Morgan fingerprint density at radius 3 is 2.37 bits per heavy atom. The third kappa shape index (κ3) is 6.25. The Morgan fingerprint density at radius 1 is 1.03 bits per heavy atom. The fraction of sp³-hybridized carbons (Fsp3) is 0.407. The van der Waals surface area contributed by atoms with E-state index >= 15 is 0 Å². The van der Waals surface area contributed by atoms with Crippen molar-refractivity contribution in [2.24, 2.45) is 5.92 Å². The third-order valence-electron chi connectivity index (χ3n) is 6.53. The first kappa shape index (κ1) is 24.9. The summed E-state index contributed by atoms with van der Waals surface area (Å²) in [5.41, 5.74) is 3.10. The van der Waals surface area contributed by atoms with Gasteiger partial charge in [0, 0.05) is 38.3 Å². The Labute approximate surface area is 211 Å². The van der Waals surface area contributed by atoms with Gasteiger partial charge in [0.25, 0.3) is 5.91 Å². The van der Waals surface area contributed by atoms with Crippen molar-refractivity contribution in [1.29, 1.82) is 0 Å². The van der Waals surface area contributed by atoms with E-state index in [0.29, 0.717) is 43.5 Å². The Hall–Kier alpha value is -3.26. The highest BCUT2D eigenvalue weighted by molar-refractivity contribution is 7.12. The maximum atomic E-state index is 13.1. The summed E-state index contributed by atoms with van der Waals surface area (Å²) in [6, 6.07) is 15.9. The monoisotopic (exact) mass is 491 g/mol. The van der Waals surface area contributed by atoms with Gasteiger partial charge in [-0.05, 0) is 36.4 Å². The van der Waals surface area contributed by atoms with Gasteiger partial charge in [-0.1, -0.05) is 56.2 Å². The summed E-state index contributed by atoms with van der Waals surface area (Å²) in [4.78, 5) is 32.5. The Bertz CT molecular complexity index is 1110. The van der Waals surface area contributed by atoms with Crippen LogP contribution in [0.1, 0.15) is 35.5 Å². The van der Waals surface area contributed by atoms with Crippen molar-refractivity contribution in [1.82, 2.24) is 20.0 Å². The molecule has 184 valence electrons. The second-order valence-corrected chi connectivity index (χ2v) is 10.1. The number of piperazine rings is 1. The van der Waals surface area contributed by atoms with Crippen molar-refractivity contribution >= 4 is 29.0 Å². The third-order valence-corrected chi connectivity index (χ3v) is 7.39. The maximum Gasteiger partial charge on any atom is 0.264 e. The molecule has 0 radical (unpaired) electrons. The van der Waals surface area contributed by atoms with Crippen LogP contribution in [-0.2, 0) is 4.79 Å². The number of hydrogen-bond donors (Lipinski definition) is 0. The molecule has 1 aliphatic rings. The molecule has 7 nitrogen and oxygen atoms in total. The van der Waals surface area contributed by atoms with Gasteiger partial charge in [0.15, 0.2) is 5.82 Å². The van der Waals surface area contributed by atoms with E-state index in [9.17, 15) is 9.59 Å². The number of rotatable bonds is 8. The quantitative estimate of drug-likeness (QED) is 0.469. The zero-order valence-electron chi connectivity index (χ0n) is 20.7. The highest BCUT2D eigenvalue weighted by atomic mass is 32.1. The van der Waals surface area contributed by atoms with Gasteiger partial charge in [-0.3, -0.25) is 9.59 Å². The SMILES string of the molecule is CC[C@H](C)CN(CC(=O)N1CCN(c2ccc(-c3ccc(C)cc3)nn2)CC1)C(=O)c1cccs1. The van der Waals surface area contributed by atoms with Crippen LogP contribution in [0.4, 0.5) is 5.82 Å². The maximum absolute atomic E-state index is 13.1. The second kappa shape index (κ2) is 11.4. The molecule has 0 spiro atoms. The molecule has 1 aromatic carbocycles. The summed E-state index contributed by atoms with van der Waals surface area (Å²) in [6.45, 7) is 9.57. The minimum atomic E-state index is -0.0590. The van der Waals surface area contributed by atoms with E-state index in [1.54, 1.807) is 4.90 Å². The molecule has 1 aliphatic heterocycles. The summed E-state index contributed by atoms with van der Waals surface area (Å²) in [7, 11) is 0. The van der Waals surface area contributed by atoms with Gasteiger partial charge in [-0.15, -0.1) is 21.5 Å². The van der Waals surface area contributed by atoms with Gasteiger partial charge >= 0.3 is 0 Å². The second-order valence-electron chi connectivity index (χ2n) is 9.19. The minimum Gasteiger partial charge on any atom is -0.352 e. The largest absolute Gasteiger partial charge is 0.352 e. The van der Waals surface area contributed by atoms with E-state index in [1.807, 2.05) is 34.5 Å². The lowest BCUT2D eigenvalue weighted by molar-refractivity contribution is -0.132. The van der Waals surface area contributed by atoms with Gasteiger partial charge in [0.1, 0.15) is 6.54 Å². The first-order chi connectivity index (χ1) is 16.9. The number of benzene rings is 1. The van der Waals surface area contributed by atoms with Crippen molar-refractivity contribution in [3.63, 3.8) is 0 Å². The van der Waals surface area contributed by atoms with Crippen LogP contribution in [0.2, 0.25) is 0 Å². The highest BCUT2D eigenvalue weighted by Gasteiger charge is 2.27. The lowest BCUT2D eigenvalue weighted by Crippen LogP contribution is -2.52. The van der Waals surface area contributed by atoms with E-state index in [2.05, 4.69) is 60.1 Å². The fourth-order valence-electron chi connectivity index (χ4n) is 4.10. The number of aryl methyl sites for hydroxylation is 1. The van der Waals surface area contributed by atoms with Crippen molar-refractivity contribution in [3.8, 4) is 11.3 Å². The number of carbonyl (C=O) groups excluding carboxylic acids is 2. The summed E-state index contributed by atoms with van der Waals surface area (Å²) < 4.78 is 0. The average molecular weight is 492 g/mol. The molecule has 0 bridgehead atoms. The average Bonchev–Trinajstić information content (AvgIpc) is 3.43. The zero-order valence-corrected chi connectivity index (χ0v) is 21.5. The summed E-state index contributed by atoms with van der Waals surface area (Å²) in [6.07, 6.45) is 0.963. The van der Waals surface area contributed by atoms with Crippen LogP contribution in [0.15, 0.2) is 53.9 Å². The number of anilines is 1. The molecule has 1 atom stereocenters. The summed E-state index contributed by atoms with van der Waals surface area (Å²) in [5.74, 6) is 1.10. The van der Waals surface area contributed by atoms with Crippen molar-refractivity contribution in [2.45, 2.75) is 27.2 Å². The smallest absolute Gasteiger partial charge is 0.264 e. The van der Waals surface area contributed by atoms with Gasteiger partial charge in [-0.25, -0.2) is 0 Å². The number of carbonyl (C=O) groups is 2. The fourth-order valence-corrected chi connectivity index (χ4v) is 4.79. The van der Waals surface area contributed by atoms with Gasteiger partial charge in [-0.2, -0.15) is 0 Å². The Kier molecular flexibility index (Phi) is 8.13. The standard InChI is InChI=1S/C27H33N5O2S/c1-4-20(2)18-32(27(34)24-6-5-17-35-24)19-26(33)31-15-13-30(14-16-31)25-12-11-23(28-29-25)22-9-7-21(3)8-10-22/h5-12,17,20H,4,13-16,18-19H2,1-3H3/t20-/m0/s1. The number of hydrogen-bond acceptors (Lipinski definition) is 6. The Morgan fingerprint density at radius 2 is 1.77 bits per heavy atom. The van der Waals surface area contributed by atoms with E-state index in [0.717, 1.165) is 23.5 Å². The molecule has 2 amide bonds. The number of thiophene rings is 1. The topological polar surface area (TPSA) is 69.6 Å². The van der Waals surface area contributed by atoms with E-state index in [1.165, 1.54) is 16.9 Å². The predicted molar refractivity (Wildman–Crippen MR) is 141 cm³/mol. The van der Waals surface area contributed by atoms with Crippen LogP contribution in [0.3, 0.4) is 0 Å². The van der Waals surface area contributed by atoms with Crippen LogP contribution in [-0.4, -0.2) is 71.1 Å². The van der Waals surface area contributed by atoms with Crippen LogP contribution in [0.5, 0.6) is 0 Å². The zero-order chi connectivity index (χ0) is 24.8. The predicted octanol–water partition coefficient (Wildman–Crippen LogP) is 4.35. The van der Waals surface area contributed by atoms with Crippen LogP contribution < -0.4 is 4.90 Å². The highest BCUT2D eigenvalue weighted by Crippen LogP contribution is 2.20. The van der Waals surface area contributed by atoms with E-state index in [4.69, 9.17) is 0 Å². The van der Waals surface area contributed by atoms with Crippen LogP contribution in [0.25, 0.3) is 11.3 Å². The van der Waals surface area contributed by atoms with Crippen molar-refractivity contribution in [3.05, 3.63) is 64.4 Å². The van der Waals surface area contributed by atoms with Crippen molar-refractivity contribution < 1.29 is 9.59 Å². The van der Waals surface area contributed by atoms with Gasteiger partial charge in [0.2, 0.25) is 5.91 Å². The van der Waals surface area contributed by atoms with Gasteiger partial charge < -0.3 is 14.7 Å². The molecule has 1 fully saturated rings. The molecule has 0 aliphatic carbocycles. The molecule has 0 unspecified atom stereocenters. The van der Waals surface area contributed by atoms with Crippen LogP contribution in [0, 0.1) is 12.8 Å². The number of aromatic nitrogens is 2. The molecular weight excluding hydrogens is 458 g/mol. The molecule has 0 saturated carbocycles. The molecule has 35 heavy (non-hydrogen) atoms. The summed E-state index contributed by atoms with van der Waals surface area (Å²) in [5, 5.41) is 10.7. The van der Waals surface area contributed by atoms with Gasteiger partial charge in [0.05, 0.1) is 10.6 Å². The molecule has 8 heteroatoms. The number of amides is 2. The van der Waals surface area contributed by atoms with E-state index in [-0.39, 0.29) is 18.4 Å². The molecule has 3 aromatic rings. The lowest BCUT2D eigenvalue weighted by atomic mass is 10.1. The first-order valence-corrected chi connectivity index (χ1v) is 13.1. The molecule has 3 heterocycles. The lowest BCUT2D eigenvalue weighted by Gasteiger charge is -2.36. The molecule has 1 saturated heterocycles. The normalized spacial score (nSPS) is 14.6. The molecular formula is C27H33N5O2S.